The average Bonchev–Trinajstić information content (AvgIpc) is 3.09. The van der Waals surface area contributed by atoms with Crippen LogP contribution in [0.3, 0.4) is 0 Å². The number of hydrogen-bond donors (Lipinski definition) is 0. The molecule has 1 heterocycles. The summed E-state index contributed by atoms with van der Waals surface area (Å²) in [5, 5.41) is 1.28. The molecule has 136 valence electrons. The number of nitrogens with zero attached hydrogens (tertiary/aromatic N) is 2. The van der Waals surface area contributed by atoms with Crippen LogP contribution in [0.2, 0.25) is 10.0 Å². The maximum absolute atomic E-state index is 6.08. The first kappa shape index (κ1) is 21.5. The van der Waals surface area contributed by atoms with Crippen LogP contribution in [-0.4, -0.2) is 12.4 Å². The third kappa shape index (κ3) is 7.05. The molecule has 2 aromatic carbocycles. The second kappa shape index (κ2) is 11.8. The van der Waals surface area contributed by atoms with Crippen molar-refractivity contribution in [2.75, 3.05) is 0 Å². The molecule has 26 heavy (non-hydrogen) atoms. The van der Waals surface area contributed by atoms with Crippen molar-refractivity contribution in [3.8, 4) is 0 Å². The molecule has 0 aliphatic heterocycles. The van der Waals surface area contributed by atoms with E-state index in [2.05, 4.69) is 9.98 Å². The van der Waals surface area contributed by atoms with Crippen molar-refractivity contribution in [3.63, 3.8) is 0 Å². The molecular formula is C18H12Cl4FeN2S. The molecule has 0 radical (unpaired) electrons. The van der Waals surface area contributed by atoms with Gasteiger partial charge >= 0.3 is 33.3 Å². The van der Waals surface area contributed by atoms with Gasteiger partial charge in [0.2, 0.25) is 0 Å². The SMILES string of the molecule is Clc1ccccc1N=Cc1ccc(C=Nc2ccccc2Cl)s1.[Cl][Fe][Cl]. The molecule has 0 aliphatic carbocycles. The van der Waals surface area contributed by atoms with Crippen molar-refractivity contribution in [2.45, 2.75) is 0 Å². The van der Waals surface area contributed by atoms with Gasteiger partial charge in [0.25, 0.3) is 0 Å². The van der Waals surface area contributed by atoms with E-state index in [1.165, 1.54) is 0 Å². The van der Waals surface area contributed by atoms with Crippen molar-refractivity contribution in [2.24, 2.45) is 9.98 Å². The van der Waals surface area contributed by atoms with E-state index >= 15 is 0 Å². The first-order valence-corrected chi connectivity index (χ1v) is 11.8. The molecule has 0 unspecified atom stereocenters. The first-order valence-electron chi connectivity index (χ1n) is 7.16. The fourth-order valence-electron chi connectivity index (χ4n) is 1.89. The van der Waals surface area contributed by atoms with Crippen LogP contribution < -0.4 is 0 Å². The van der Waals surface area contributed by atoms with E-state index < -0.39 is 0 Å². The van der Waals surface area contributed by atoms with Gasteiger partial charge in [-0.15, -0.1) is 11.3 Å². The zero-order valence-electron chi connectivity index (χ0n) is 13.1. The molecule has 3 aromatic rings. The normalized spacial score (nSPS) is 11.1. The topological polar surface area (TPSA) is 24.7 Å². The van der Waals surface area contributed by atoms with Gasteiger partial charge in [-0.1, -0.05) is 47.5 Å². The van der Waals surface area contributed by atoms with Crippen LogP contribution in [0.4, 0.5) is 11.4 Å². The van der Waals surface area contributed by atoms with Gasteiger partial charge < -0.3 is 0 Å². The molecule has 0 N–H and O–H groups in total. The van der Waals surface area contributed by atoms with Crippen LogP contribution in [0.25, 0.3) is 0 Å². The van der Waals surface area contributed by atoms with E-state index in [1.54, 1.807) is 23.8 Å². The number of halogens is 4. The monoisotopic (exact) mass is 484 g/mol. The number of rotatable bonds is 4. The zero-order chi connectivity index (χ0) is 18.8. The Bertz CT molecular complexity index is 826. The number of para-hydroxylation sites is 2. The fraction of sp³-hybridized carbons (Fsp3) is 0. The minimum absolute atomic E-state index is 0.194. The summed E-state index contributed by atoms with van der Waals surface area (Å²) in [6.07, 6.45) is 3.61. The Hall–Kier alpha value is -0.841. The number of aliphatic imine (C=N–C) groups is 2. The molecule has 0 aliphatic rings. The Kier molecular flexibility index (Phi) is 9.73. The summed E-state index contributed by atoms with van der Waals surface area (Å²) in [6, 6.07) is 19.0. The summed E-state index contributed by atoms with van der Waals surface area (Å²) in [6.45, 7) is 0. The molecule has 0 saturated carbocycles. The summed E-state index contributed by atoms with van der Waals surface area (Å²) in [5.74, 6) is 0. The van der Waals surface area contributed by atoms with Gasteiger partial charge in [0.1, 0.15) is 0 Å². The van der Waals surface area contributed by atoms with Crippen molar-refractivity contribution >= 4 is 78.5 Å². The molecule has 0 amide bonds. The first-order chi connectivity index (χ1) is 12.6. The number of benzene rings is 2. The van der Waals surface area contributed by atoms with Crippen LogP contribution in [0, 0.1) is 0 Å². The molecule has 3 rings (SSSR count). The Balaban J connectivity index is 0.000000758. The standard InChI is InChI=1S/C18H12Cl2N2S.2ClH.Fe/c19-15-5-1-3-7-17(15)21-11-13-9-10-14(23-13)12-22-18-8-4-2-6-16(18)20;;;/h1-12H;2*1H;/q;;;+2/p-2. The van der Waals surface area contributed by atoms with Gasteiger partial charge in [-0.25, -0.2) is 0 Å². The molecule has 2 nitrogen and oxygen atoms in total. The zero-order valence-corrected chi connectivity index (χ0v) is 18.0. The molecular weight excluding hydrogens is 474 g/mol. The van der Waals surface area contributed by atoms with Crippen molar-refractivity contribution in [3.05, 3.63) is 80.5 Å². The van der Waals surface area contributed by atoms with E-state index in [-0.39, 0.29) is 13.1 Å². The summed E-state index contributed by atoms with van der Waals surface area (Å²) < 4.78 is 0. The van der Waals surface area contributed by atoms with Crippen molar-refractivity contribution in [1.29, 1.82) is 0 Å². The molecule has 0 spiro atoms. The molecule has 0 bridgehead atoms. The predicted molar refractivity (Wildman–Crippen MR) is 113 cm³/mol. The third-order valence-electron chi connectivity index (χ3n) is 3.01. The Morgan fingerprint density at radius 1 is 0.692 bits per heavy atom. The van der Waals surface area contributed by atoms with E-state index in [0.29, 0.717) is 10.0 Å². The van der Waals surface area contributed by atoms with Crippen LogP contribution in [0.15, 0.2) is 70.6 Å². The molecule has 0 atom stereocenters. The van der Waals surface area contributed by atoms with Gasteiger partial charge in [-0.3, -0.25) is 9.98 Å². The number of hydrogen-bond acceptors (Lipinski definition) is 3. The second-order valence-electron chi connectivity index (χ2n) is 4.71. The second-order valence-corrected chi connectivity index (χ2v) is 8.49. The average molecular weight is 486 g/mol. The van der Waals surface area contributed by atoms with Crippen LogP contribution in [0.5, 0.6) is 0 Å². The minimum atomic E-state index is 0.194. The van der Waals surface area contributed by atoms with Crippen molar-refractivity contribution < 1.29 is 13.1 Å². The Morgan fingerprint density at radius 2 is 1.08 bits per heavy atom. The summed E-state index contributed by atoms with van der Waals surface area (Å²) in [5.41, 5.74) is 1.52. The quantitative estimate of drug-likeness (QED) is 0.265. The summed E-state index contributed by atoms with van der Waals surface area (Å²) in [7, 11) is 9.53. The molecule has 1 aromatic heterocycles. The van der Waals surface area contributed by atoms with E-state index in [4.69, 9.17) is 43.4 Å². The van der Waals surface area contributed by atoms with E-state index in [9.17, 15) is 0 Å². The van der Waals surface area contributed by atoms with E-state index in [1.807, 2.05) is 60.7 Å². The molecule has 8 heteroatoms. The molecule has 0 fully saturated rings. The van der Waals surface area contributed by atoms with Gasteiger partial charge in [0, 0.05) is 22.2 Å². The predicted octanol–water partition coefficient (Wildman–Crippen LogP) is 7.93. The maximum atomic E-state index is 6.08. The third-order valence-corrected chi connectivity index (χ3v) is 4.61. The fourth-order valence-corrected chi connectivity index (χ4v) is 3.01. The van der Waals surface area contributed by atoms with Gasteiger partial charge in [-0.2, -0.15) is 0 Å². The van der Waals surface area contributed by atoms with Crippen LogP contribution in [0.1, 0.15) is 9.75 Å². The Morgan fingerprint density at radius 3 is 1.46 bits per heavy atom. The van der Waals surface area contributed by atoms with Crippen molar-refractivity contribution in [1.82, 2.24) is 0 Å². The summed E-state index contributed by atoms with van der Waals surface area (Å²) in [4.78, 5) is 10.9. The van der Waals surface area contributed by atoms with Gasteiger partial charge in [0.15, 0.2) is 0 Å². The summed E-state index contributed by atoms with van der Waals surface area (Å²) >= 11 is 14.0. The van der Waals surface area contributed by atoms with Gasteiger partial charge in [-0.05, 0) is 36.4 Å². The van der Waals surface area contributed by atoms with Crippen LogP contribution in [-0.2, 0) is 13.1 Å². The number of thiophene rings is 1. The molecule has 0 saturated heterocycles. The van der Waals surface area contributed by atoms with E-state index in [0.717, 1.165) is 21.1 Å². The van der Waals surface area contributed by atoms with Gasteiger partial charge in [0.05, 0.1) is 21.4 Å². The Labute approximate surface area is 181 Å². The van der Waals surface area contributed by atoms with Crippen LogP contribution >= 0.6 is 54.7 Å².